The molecule has 0 aliphatic carbocycles. The summed E-state index contributed by atoms with van der Waals surface area (Å²) in [5.74, 6) is 4.76. The maximum absolute atomic E-state index is 11.0. The van der Waals surface area contributed by atoms with Crippen molar-refractivity contribution >= 4 is 15.9 Å². The van der Waals surface area contributed by atoms with Gasteiger partial charge in [-0.2, -0.15) is 0 Å². The first-order valence-corrected chi connectivity index (χ1v) is 6.79. The minimum atomic E-state index is -3.23. The topological polar surface area (TPSA) is 95.5 Å². The molecule has 0 heterocycles. The van der Waals surface area contributed by atoms with Crippen LogP contribution in [0.1, 0.15) is 15.9 Å². The quantitative estimate of drug-likeness (QED) is 0.398. The number of hydrogen-bond acceptors (Lipinski definition) is 4. The summed E-state index contributed by atoms with van der Waals surface area (Å²) in [6.45, 7) is 0.0255. The number of nitrogens with one attached hydrogen (secondary N) is 2. The van der Waals surface area contributed by atoms with Crippen LogP contribution in [0.15, 0.2) is 24.3 Å². The first-order chi connectivity index (χ1) is 8.42. The zero-order chi connectivity index (χ0) is 13.6. The van der Waals surface area contributed by atoms with Gasteiger partial charge in [-0.15, -0.1) is 0 Å². The van der Waals surface area contributed by atoms with Crippen LogP contribution in [0.3, 0.4) is 0 Å². The third-order valence-corrected chi connectivity index (χ3v) is 2.57. The van der Waals surface area contributed by atoms with Crippen molar-refractivity contribution in [1.82, 2.24) is 10.2 Å². The summed E-state index contributed by atoms with van der Waals surface area (Å²) in [7, 11) is -3.23. The van der Waals surface area contributed by atoms with Gasteiger partial charge in [0.05, 0.1) is 12.8 Å². The third kappa shape index (κ3) is 4.97. The molecule has 1 amide bonds. The predicted octanol–water partition coefficient (Wildman–Crippen LogP) is -0.294. The van der Waals surface area contributed by atoms with Crippen molar-refractivity contribution in [3.8, 4) is 11.8 Å². The molecule has 0 aliphatic rings. The lowest BCUT2D eigenvalue weighted by Gasteiger charge is -1.98. The Bertz CT molecular complexity index is 582. The molecular weight excluding hydrogens is 256 g/mol. The molecule has 1 aromatic carbocycles. The standard InChI is InChI=1S/C11H12N2O4S/c1-18(16,17)12-8-2-3-9-4-6-10(7-5-9)11(14)13-15/h4-7,12,15H,8H2,1H3,(H,13,14). The summed E-state index contributed by atoms with van der Waals surface area (Å²) in [4.78, 5) is 11.0. The highest BCUT2D eigenvalue weighted by Crippen LogP contribution is 2.02. The third-order valence-electron chi connectivity index (χ3n) is 1.90. The Balaban J connectivity index is 2.64. The fraction of sp³-hybridized carbons (Fsp3) is 0.182. The van der Waals surface area contributed by atoms with Crippen LogP contribution < -0.4 is 10.2 Å². The van der Waals surface area contributed by atoms with E-state index in [2.05, 4.69) is 16.6 Å². The smallest absolute Gasteiger partial charge is 0.274 e. The normalized spacial score (nSPS) is 10.3. The average Bonchev–Trinajstić information content (AvgIpc) is 2.33. The zero-order valence-corrected chi connectivity index (χ0v) is 10.4. The average molecular weight is 268 g/mol. The van der Waals surface area contributed by atoms with Gasteiger partial charge in [0, 0.05) is 11.1 Å². The van der Waals surface area contributed by atoms with E-state index in [1.54, 1.807) is 12.1 Å². The van der Waals surface area contributed by atoms with Crippen molar-refractivity contribution in [2.75, 3.05) is 12.8 Å². The Labute approximate surface area is 105 Å². The van der Waals surface area contributed by atoms with E-state index >= 15 is 0 Å². The van der Waals surface area contributed by atoms with Crippen LogP contribution in [0, 0.1) is 11.8 Å². The summed E-state index contributed by atoms with van der Waals surface area (Å²) in [6, 6.07) is 6.19. The zero-order valence-electron chi connectivity index (χ0n) is 9.60. The maximum Gasteiger partial charge on any atom is 0.274 e. The van der Waals surface area contributed by atoms with Crippen molar-refractivity contribution in [1.29, 1.82) is 0 Å². The van der Waals surface area contributed by atoms with E-state index in [0.29, 0.717) is 11.1 Å². The minimum absolute atomic E-state index is 0.0255. The molecule has 0 saturated heterocycles. The molecule has 1 aromatic rings. The number of hydroxylamine groups is 1. The highest BCUT2D eigenvalue weighted by atomic mass is 32.2. The van der Waals surface area contributed by atoms with Gasteiger partial charge in [0.15, 0.2) is 0 Å². The molecule has 6 nitrogen and oxygen atoms in total. The molecule has 0 radical (unpaired) electrons. The molecule has 0 saturated carbocycles. The number of rotatable bonds is 3. The monoisotopic (exact) mass is 268 g/mol. The van der Waals surface area contributed by atoms with Gasteiger partial charge < -0.3 is 0 Å². The van der Waals surface area contributed by atoms with E-state index < -0.39 is 15.9 Å². The first-order valence-electron chi connectivity index (χ1n) is 4.90. The summed E-state index contributed by atoms with van der Waals surface area (Å²) in [5, 5.41) is 8.41. The van der Waals surface area contributed by atoms with Crippen LogP contribution in [-0.2, 0) is 10.0 Å². The molecule has 1 rings (SSSR count). The highest BCUT2D eigenvalue weighted by molar-refractivity contribution is 7.88. The molecule has 0 atom stereocenters. The van der Waals surface area contributed by atoms with Gasteiger partial charge in [-0.3, -0.25) is 10.0 Å². The van der Waals surface area contributed by atoms with E-state index in [1.807, 2.05) is 0 Å². The molecule has 7 heteroatoms. The molecule has 0 spiro atoms. The number of amides is 1. The van der Waals surface area contributed by atoms with Crippen LogP contribution in [-0.4, -0.2) is 32.3 Å². The van der Waals surface area contributed by atoms with Gasteiger partial charge in [0.1, 0.15) is 0 Å². The molecule has 18 heavy (non-hydrogen) atoms. The van der Waals surface area contributed by atoms with E-state index in [9.17, 15) is 13.2 Å². The van der Waals surface area contributed by atoms with E-state index in [-0.39, 0.29) is 6.54 Å². The van der Waals surface area contributed by atoms with E-state index in [1.165, 1.54) is 17.6 Å². The van der Waals surface area contributed by atoms with Gasteiger partial charge in [-0.25, -0.2) is 18.6 Å². The van der Waals surface area contributed by atoms with Gasteiger partial charge >= 0.3 is 0 Å². The van der Waals surface area contributed by atoms with Crippen LogP contribution in [0.2, 0.25) is 0 Å². The second-order valence-electron chi connectivity index (χ2n) is 3.41. The van der Waals surface area contributed by atoms with Crippen LogP contribution >= 0.6 is 0 Å². The fourth-order valence-corrected chi connectivity index (χ4v) is 1.42. The Hall–Kier alpha value is -1.88. The highest BCUT2D eigenvalue weighted by Gasteiger charge is 2.01. The van der Waals surface area contributed by atoms with Crippen molar-refractivity contribution in [2.45, 2.75) is 0 Å². The van der Waals surface area contributed by atoms with Crippen molar-refractivity contribution < 1.29 is 18.4 Å². The Morgan fingerprint density at radius 3 is 2.44 bits per heavy atom. The van der Waals surface area contributed by atoms with Crippen molar-refractivity contribution in [2.24, 2.45) is 0 Å². The largest absolute Gasteiger partial charge is 0.288 e. The van der Waals surface area contributed by atoms with Crippen molar-refractivity contribution in [3.05, 3.63) is 35.4 Å². The van der Waals surface area contributed by atoms with E-state index in [4.69, 9.17) is 5.21 Å². The molecule has 0 unspecified atom stereocenters. The molecule has 96 valence electrons. The lowest BCUT2D eigenvalue weighted by Crippen LogP contribution is -2.21. The minimum Gasteiger partial charge on any atom is -0.288 e. The second kappa shape index (κ2) is 6.16. The van der Waals surface area contributed by atoms with Crippen LogP contribution in [0.5, 0.6) is 0 Å². The molecule has 0 aromatic heterocycles. The summed E-state index contributed by atoms with van der Waals surface area (Å²) in [6.07, 6.45) is 1.05. The number of carbonyl (C=O) groups excluding carboxylic acids is 1. The number of hydrogen-bond donors (Lipinski definition) is 3. The summed E-state index contributed by atoms with van der Waals surface area (Å²) >= 11 is 0. The Morgan fingerprint density at radius 2 is 1.94 bits per heavy atom. The first kappa shape index (κ1) is 14.2. The van der Waals surface area contributed by atoms with Crippen LogP contribution in [0.4, 0.5) is 0 Å². The molecule has 0 fully saturated rings. The number of sulfonamides is 1. The van der Waals surface area contributed by atoms with Gasteiger partial charge in [0.25, 0.3) is 5.91 Å². The summed E-state index contributed by atoms with van der Waals surface area (Å²) in [5.41, 5.74) is 2.46. The van der Waals surface area contributed by atoms with Gasteiger partial charge in [0.2, 0.25) is 10.0 Å². The van der Waals surface area contributed by atoms with E-state index in [0.717, 1.165) is 6.26 Å². The van der Waals surface area contributed by atoms with Crippen LogP contribution in [0.25, 0.3) is 0 Å². The Kier molecular flexibility index (Phi) is 4.85. The summed E-state index contributed by atoms with van der Waals surface area (Å²) < 4.78 is 23.7. The SMILES string of the molecule is CS(=O)(=O)NCC#Cc1ccc(C(=O)NO)cc1. The molecule has 3 N–H and O–H groups in total. The van der Waals surface area contributed by atoms with Gasteiger partial charge in [-0.1, -0.05) is 11.8 Å². The molecule has 0 aliphatic heterocycles. The fourth-order valence-electron chi connectivity index (χ4n) is 1.08. The number of carbonyl (C=O) groups is 1. The lowest BCUT2D eigenvalue weighted by molar-refractivity contribution is 0.0706. The van der Waals surface area contributed by atoms with Crippen molar-refractivity contribution in [3.63, 3.8) is 0 Å². The Morgan fingerprint density at radius 1 is 1.33 bits per heavy atom. The molecular formula is C11H12N2O4S. The number of benzene rings is 1. The lowest BCUT2D eigenvalue weighted by atomic mass is 10.1. The van der Waals surface area contributed by atoms with Gasteiger partial charge in [-0.05, 0) is 24.3 Å². The molecule has 0 bridgehead atoms. The maximum atomic E-state index is 11.0. The predicted molar refractivity (Wildman–Crippen MR) is 65.4 cm³/mol. The second-order valence-corrected chi connectivity index (χ2v) is 5.25.